The molecule has 0 aliphatic heterocycles. The number of aryl methyl sites for hydroxylation is 2. The van der Waals surface area contributed by atoms with Gasteiger partial charge in [0.2, 0.25) is 0 Å². The molecule has 0 amide bonds. The van der Waals surface area contributed by atoms with Gasteiger partial charge in [0, 0.05) is 32.2 Å². The summed E-state index contributed by atoms with van der Waals surface area (Å²) in [5.74, 6) is 1.28. The second kappa shape index (κ2) is 30.8. The third-order valence-corrected chi connectivity index (χ3v) is 9.80. The van der Waals surface area contributed by atoms with E-state index in [0.29, 0.717) is 19.3 Å². The van der Waals surface area contributed by atoms with E-state index in [1.54, 1.807) is 6.08 Å². The molecule has 0 bridgehead atoms. The van der Waals surface area contributed by atoms with Gasteiger partial charge in [-0.15, -0.1) is 0 Å². The van der Waals surface area contributed by atoms with E-state index in [0.717, 1.165) is 101 Å². The van der Waals surface area contributed by atoms with Gasteiger partial charge in [-0.2, -0.15) is 0 Å². The van der Waals surface area contributed by atoms with Gasteiger partial charge in [0.25, 0.3) is 0 Å². The van der Waals surface area contributed by atoms with Gasteiger partial charge in [-0.1, -0.05) is 102 Å². The number of furan rings is 1. The summed E-state index contributed by atoms with van der Waals surface area (Å²) in [7, 11) is -4.41. The van der Waals surface area contributed by atoms with Gasteiger partial charge in [-0.3, -0.25) is 18.6 Å². The number of rotatable bonds is 33. The predicted octanol–water partition coefficient (Wildman–Crippen LogP) is 9.23. The number of hydrogen-bond donors (Lipinski definition) is 3. The zero-order valence-electron chi connectivity index (χ0n) is 33.1. The maximum absolute atomic E-state index is 12.6. The first kappa shape index (κ1) is 48.5. The fourth-order valence-corrected chi connectivity index (χ4v) is 6.39. The number of allylic oxidation sites excluding steroid dienone is 5. The largest absolute Gasteiger partial charge is 0.472 e. The van der Waals surface area contributed by atoms with Crippen LogP contribution in [0, 0.1) is 13.8 Å². The van der Waals surface area contributed by atoms with Crippen molar-refractivity contribution in [3.8, 4) is 0 Å². The van der Waals surface area contributed by atoms with Gasteiger partial charge >= 0.3 is 19.8 Å². The summed E-state index contributed by atoms with van der Waals surface area (Å²) in [6.45, 7) is 7.62. The minimum atomic E-state index is -4.41. The SMILES string of the molecule is CC/C=C/C/C=C/C=C/C(O)CCCCCCCC(=O)O[C@H](COC(=O)CCCCCCCCc1oc(CCC)c(C)c1C)COP(=O)(O)OCCN. The summed E-state index contributed by atoms with van der Waals surface area (Å²) < 4.78 is 38.8. The highest BCUT2D eigenvalue weighted by Gasteiger charge is 2.26. The number of nitrogens with two attached hydrogens (primary N) is 1. The molecule has 12 heteroatoms. The number of carbonyl (C=O) groups excluding carboxylic acids is 2. The predicted molar refractivity (Wildman–Crippen MR) is 210 cm³/mol. The lowest BCUT2D eigenvalue weighted by Gasteiger charge is -2.19. The summed E-state index contributed by atoms with van der Waals surface area (Å²) in [5, 5.41) is 10.1. The summed E-state index contributed by atoms with van der Waals surface area (Å²) in [6.07, 6.45) is 26.3. The molecular formula is C41H70NO10P. The number of aliphatic hydroxyl groups excluding tert-OH is 1. The third-order valence-electron chi connectivity index (χ3n) is 8.82. The van der Waals surface area contributed by atoms with E-state index in [4.69, 9.17) is 28.7 Å². The van der Waals surface area contributed by atoms with Crippen molar-refractivity contribution in [1.82, 2.24) is 0 Å². The number of phosphoric ester groups is 1. The lowest BCUT2D eigenvalue weighted by Crippen LogP contribution is -2.29. The lowest BCUT2D eigenvalue weighted by molar-refractivity contribution is -0.161. The average molecular weight is 768 g/mol. The van der Waals surface area contributed by atoms with E-state index >= 15 is 0 Å². The number of aliphatic hydroxyl groups is 1. The molecule has 0 aromatic carbocycles. The highest BCUT2D eigenvalue weighted by molar-refractivity contribution is 7.47. The fraction of sp³-hybridized carbons (Fsp3) is 0.707. The Morgan fingerprint density at radius 2 is 1.42 bits per heavy atom. The van der Waals surface area contributed by atoms with Crippen molar-refractivity contribution in [3.05, 3.63) is 59.1 Å². The monoisotopic (exact) mass is 767 g/mol. The topological polar surface area (TPSA) is 168 Å². The van der Waals surface area contributed by atoms with Crippen molar-refractivity contribution in [3.63, 3.8) is 0 Å². The average Bonchev–Trinajstić information content (AvgIpc) is 3.39. The van der Waals surface area contributed by atoms with Crippen LogP contribution in [0.15, 0.2) is 40.9 Å². The van der Waals surface area contributed by atoms with Gasteiger partial charge in [0.05, 0.1) is 19.3 Å². The second-order valence-electron chi connectivity index (χ2n) is 13.6. The minimum Gasteiger partial charge on any atom is -0.466 e. The van der Waals surface area contributed by atoms with Crippen molar-refractivity contribution in [2.45, 2.75) is 162 Å². The summed E-state index contributed by atoms with van der Waals surface area (Å²) in [6, 6.07) is 0. The van der Waals surface area contributed by atoms with Gasteiger partial charge in [-0.25, -0.2) is 4.57 Å². The standard InChI is InChI=1S/C41H70NO10P/c1-5-7-8-9-10-14-19-25-36(43)26-20-15-13-18-23-29-41(45)51-37(33-50-53(46,47)49-31-30-42)32-48-40(44)28-22-17-12-11-16-21-27-39-35(4)34(3)38(52-39)24-6-2/h7-8,10,14,19,25,36-37,43H,5-6,9,11-13,15-18,20-24,26-33,42H2,1-4H3,(H,46,47)/b8-7+,14-10+,25-19+/t36?,37-/m1/s1. The Balaban J connectivity index is 2.33. The highest BCUT2D eigenvalue weighted by atomic mass is 31.2. The van der Waals surface area contributed by atoms with Crippen LogP contribution < -0.4 is 5.73 Å². The van der Waals surface area contributed by atoms with Gasteiger partial charge < -0.3 is 29.6 Å². The van der Waals surface area contributed by atoms with Gasteiger partial charge in [0.1, 0.15) is 18.1 Å². The van der Waals surface area contributed by atoms with E-state index in [2.05, 4.69) is 39.8 Å². The Morgan fingerprint density at radius 1 is 0.792 bits per heavy atom. The molecular weight excluding hydrogens is 697 g/mol. The number of phosphoric acid groups is 1. The molecule has 1 heterocycles. The van der Waals surface area contributed by atoms with Crippen LogP contribution in [0.2, 0.25) is 0 Å². The minimum absolute atomic E-state index is 0.0286. The molecule has 4 N–H and O–H groups in total. The van der Waals surface area contributed by atoms with E-state index in [1.165, 1.54) is 11.1 Å². The van der Waals surface area contributed by atoms with E-state index < -0.39 is 38.6 Å². The number of ether oxygens (including phenoxy) is 2. The summed E-state index contributed by atoms with van der Waals surface area (Å²) in [5.41, 5.74) is 7.89. The Kier molecular flexibility index (Phi) is 28.1. The number of hydrogen-bond acceptors (Lipinski definition) is 10. The highest BCUT2D eigenvalue weighted by Crippen LogP contribution is 2.43. The Morgan fingerprint density at radius 3 is 2.08 bits per heavy atom. The first-order valence-electron chi connectivity index (χ1n) is 19.9. The molecule has 53 heavy (non-hydrogen) atoms. The smallest absolute Gasteiger partial charge is 0.466 e. The van der Waals surface area contributed by atoms with E-state index in [9.17, 15) is 24.2 Å². The van der Waals surface area contributed by atoms with Crippen molar-refractivity contribution >= 4 is 19.8 Å². The van der Waals surface area contributed by atoms with Gasteiger partial charge in [0.15, 0.2) is 6.10 Å². The molecule has 11 nitrogen and oxygen atoms in total. The zero-order valence-corrected chi connectivity index (χ0v) is 34.0. The molecule has 1 rings (SSSR count). The molecule has 0 fully saturated rings. The number of esters is 2. The first-order valence-corrected chi connectivity index (χ1v) is 21.4. The van der Waals surface area contributed by atoms with Crippen LogP contribution in [0.5, 0.6) is 0 Å². The van der Waals surface area contributed by atoms with Crippen LogP contribution >= 0.6 is 7.82 Å². The van der Waals surface area contributed by atoms with Crippen molar-refractivity contribution < 1.29 is 47.1 Å². The zero-order chi connectivity index (χ0) is 39.2. The maximum atomic E-state index is 12.6. The molecule has 1 aromatic rings. The van der Waals surface area contributed by atoms with Gasteiger partial charge in [-0.05, 0) is 69.9 Å². The molecule has 0 radical (unpaired) electrons. The van der Waals surface area contributed by atoms with Crippen molar-refractivity contribution in [1.29, 1.82) is 0 Å². The molecule has 3 atom stereocenters. The Labute approximate surface area is 319 Å². The van der Waals surface area contributed by atoms with Crippen LogP contribution in [0.3, 0.4) is 0 Å². The van der Waals surface area contributed by atoms with Crippen molar-refractivity contribution in [2.24, 2.45) is 5.73 Å². The molecule has 2 unspecified atom stereocenters. The normalized spacial score (nSPS) is 14.3. The molecule has 0 aliphatic carbocycles. The van der Waals surface area contributed by atoms with Crippen molar-refractivity contribution in [2.75, 3.05) is 26.4 Å². The Hall–Kier alpha value is -2.53. The third kappa shape index (κ3) is 25.2. The molecule has 0 saturated carbocycles. The van der Waals surface area contributed by atoms with E-state index in [1.807, 2.05) is 18.2 Å². The number of carbonyl (C=O) groups is 2. The molecule has 1 aromatic heterocycles. The second-order valence-corrected chi connectivity index (χ2v) is 15.0. The summed E-state index contributed by atoms with van der Waals surface area (Å²) in [4.78, 5) is 34.9. The quantitative estimate of drug-likeness (QED) is 0.0205. The van der Waals surface area contributed by atoms with Crippen LogP contribution in [0.4, 0.5) is 0 Å². The van der Waals surface area contributed by atoms with E-state index in [-0.39, 0.29) is 32.6 Å². The Bertz CT molecular complexity index is 1260. The molecule has 0 spiro atoms. The molecule has 0 saturated heterocycles. The fourth-order valence-electron chi connectivity index (χ4n) is 5.63. The first-order chi connectivity index (χ1) is 25.5. The molecule has 0 aliphatic rings. The number of unbranched alkanes of at least 4 members (excludes halogenated alkanes) is 9. The van der Waals surface area contributed by atoms with Crippen LogP contribution in [0.1, 0.15) is 146 Å². The lowest BCUT2D eigenvalue weighted by atomic mass is 10.0. The van der Waals surface area contributed by atoms with Crippen LogP contribution in [-0.2, 0) is 45.5 Å². The van der Waals surface area contributed by atoms with Crippen LogP contribution in [-0.4, -0.2) is 60.5 Å². The summed E-state index contributed by atoms with van der Waals surface area (Å²) >= 11 is 0. The van der Waals surface area contributed by atoms with Crippen LogP contribution in [0.25, 0.3) is 0 Å². The molecule has 304 valence electrons. The maximum Gasteiger partial charge on any atom is 0.472 e.